The van der Waals surface area contributed by atoms with E-state index in [9.17, 15) is 5.11 Å². The van der Waals surface area contributed by atoms with Gasteiger partial charge in [-0.3, -0.25) is 9.80 Å². The summed E-state index contributed by atoms with van der Waals surface area (Å²) in [7, 11) is 0. The molecule has 2 aliphatic rings. The van der Waals surface area contributed by atoms with Gasteiger partial charge in [0.1, 0.15) is 0 Å². The zero-order chi connectivity index (χ0) is 28.8. The molecule has 218 valence electrons. The van der Waals surface area contributed by atoms with Crippen molar-refractivity contribution in [3.8, 4) is 0 Å². The molecule has 4 heteroatoms. The van der Waals surface area contributed by atoms with Gasteiger partial charge >= 0.3 is 0 Å². The summed E-state index contributed by atoms with van der Waals surface area (Å²) in [5.74, 6) is 0.0424. The molecule has 0 radical (unpaired) electrons. The Labute approximate surface area is 251 Å². The highest BCUT2D eigenvalue weighted by atomic mass is 16.6. The van der Waals surface area contributed by atoms with E-state index in [0.29, 0.717) is 6.61 Å². The van der Waals surface area contributed by atoms with Crippen molar-refractivity contribution < 1.29 is 9.84 Å². The van der Waals surface area contributed by atoms with Crippen LogP contribution in [0.4, 0.5) is 0 Å². The summed E-state index contributed by atoms with van der Waals surface area (Å²) >= 11 is 0. The van der Waals surface area contributed by atoms with Crippen LogP contribution in [0, 0.1) is 5.92 Å². The Morgan fingerprint density at radius 3 is 1.83 bits per heavy atom. The first-order chi connectivity index (χ1) is 20.7. The van der Waals surface area contributed by atoms with Crippen molar-refractivity contribution in [1.82, 2.24) is 9.80 Å². The van der Waals surface area contributed by atoms with Crippen molar-refractivity contribution in [2.24, 2.45) is 5.92 Å². The van der Waals surface area contributed by atoms with Crippen molar-refractivity contribution in [3.05, 3.63) is 144 Å². The fraction of sp³-hybridized carbons (Fsp3) is 0.368. The molecule has 1 unspecified atom stereocenters. The van der Waals surface area contributed by atoms with Crippen molar-refractivity contribution in [2.45, 2.75) is 76.2 Å². The second kappa shape index (κ2) is 13.4. The molecule has 0 spiro atoms. The van der Waals surface area contributed by atoms with E-state index >= 15 is 0 Å². The van der Waals surface area contributed by atoms with Gasteiger partial charge in [0, 0.05) is 44.2 Å². The average Bonchev–Trinajstić information content (AvgIpc) is 3.24. The molecule has 0 aromatic heterocycles. The molecule has 0 aliphatic carbocycles. The van der Waals surface area contributed by atoms with E-state index in [-0.39, 0.29) is 23.5 Å². The number of hydrogen-bond donors (Lipinski definition) is 1. The van der Waals surface area contributed by atoms with Crippen LogP contribution >= 0.6 is 0 Å². The lowest BCUT2D eigenvalue weighted by Crippen LogP contribution is -2.61. The maximum absolute atomic E-state index is 11.5. The summed E-state index contributed by atoms with van der Waals surface area (Å²) in [6.07, 6.45) is 3.10. The fourth-order valence-corrected chi connectivity index (χ4v) is 7.70. The molecule has 2 fully saturated rings. The molecule has 2 bridgehead atoms. The molecule has 5 atom stereocenters. The molecule has 0 amide bonds. The number of piperidine rings is 1. The van der Waals surface area contributed by atoms with Crippen LogP contribution in [-0.2, 0) is 29.9 Å². The first-order valence-corrected chi connectivity index (χ1v) is 15.7. The second-order valence-corrected chi connectivity index (χ2v) is 12.1. The summed E-state index contributed by atoms with van der Waals surface area (Å²) in [6, 6.07) is 44.3. The largest absolute Gasteiger partial charge is 0.368 e. The summed E-state index contributed by atoms with van der Waals surface area (Å²) < 4.78 is 6.06. The van der Waals surface area contributed by atoms with Gasteiger partial charge in [-0.2, -0.15) is 0 Å². The molecular weight excluding hydrogens is 516 g/mol. The molecule has 2 aliphatic heterocycles. The van der Waals surface area contributed by atoms with Crippen LogP contribution in [0.2, 0.25) is 0 Å². The first kappa shape index (κ1) is 28.8. The Bertz CT molecular complexity index is 1330. The minimum atomic E-state index is -0.769. The summed E-state index contributed by atoms with van der Waals surface area (Å²) in [5.41, 5.74) is 5.03. The van der Waals surface area contributed by atoms with Crippen LogP contribution in [0.15, 0.2) is 121 Å². The topological polar surface area (TPSA) is 35.9 Å². The molecule has 42 heavy (non-hydrogen) atoms. The molecule has 2 saturated heterocycles. The third kappa shape index (κ3) is 5.95. The number of nitrogens with zero attached hydrogens (tertiary/aromatic N) is 2. The molecule has 0 saturated carbocycles. The van der Waals surface area contributed by atoms with E-state index in [1.165, 1.54) is 22.3 Å². The average molecular weight is 561 g/mol. The van der Waals surface area contributed by atoms with Crippen LogP contribution in [0.1, 0.15) is 54.9 Å². The fourth-order valence-electron chi connectivity index (χ4n) is 7.70. The van der Waals surface area contributed by atoms with Gasteiger partial charge in [-0.25, -0.2) is 0 Å². The Kier molecular flexibility index (Phi) is 9.16. The number of fused-ring (bicyclic) bond motifs is 2. The number of rotatable bonds is 12. The molecular formula is C38H44N2O2. The van der Waals surface area contributed by atoms with Gasteiger partial charge in [-0.15, -0.1) is 0 Å². The molecule has 4 aromatic rings. The number of aliphatic hydroxyl groups is 1. The third-order valence-electron chi connectivity index (χ3n) is 9.47. The molecule has 1 N–H and O–H groups in total. The van der Waals surface area contributed by atoms with Crippen molar-refractivity contribution in [3.63, 3.8) is 0 Å². The standard InChI is InChI=1S/C38H44N2O2/c1-2-25-42-37(41)34-26-38(33-21-13-6-14-22-33)36(24-23-35(34)40(38)29-32-19-11-5-12-20-32)39(27-30-15-7-3-8-16-30)28-31-17-9-4-10-18-31/h3-22,34-37,41H,2,23-29H2,1H3/t34-,35+,36-,37?,38-/m1/s1. The van der Waals surface area contributed by atoms with Gasteiger partial charge in [0.2, 0.25) is 0 Å². The van der Waals surface area contributed by atoms with Crippen LogP contribution in [0.3, 0.4) is 0 Å². The van der Waals surface area contributed by atoms with Crippen molar-refractivity contribution in [1.29, 1.82) is 0 Å². The van der Waals surface area contributed by atoms with E-state index in [1.54, 1.807) is 0 Å². The van der Waals surface area contributed by atoms with Crippen LogP contribution in [0.25, 0.3) is 0 Å². The van der Waals surface area contributed by atoms with E-state index in [2.05, 4.69) is 138 Å². The summed E-state index contributed by atoms with van der Waals surface area (Å²) in [6.45, 7) is 5.28. The lowest BCUT2D eigenvalue weighted by Gasteiger charge is -2.54. The Morgan fingerprint density at radius 1 is 0.762 bits per heavy atom. The Hall–Kier alpha value is -3.28. The predicted molar refractivity (Wildman–Crippen MR) is 169 cm³/mol. The van der Waals surface area contributed by atoms with Crippen molar-refractivity contribution in [2.75, 3.05) is 6.61 Å². The number of benzene rings is 4. The van der Waals surface area contributed by atoms with Crippen LogP contribution in [-0.4, -0.2) is 39.9 Å². The number of aliphatic hydroxyl groups excluding tert-OH is 1. The van der Waals surface area contributed by atoms with E-state index in [0.717, 1.165) is 45.3 Å². The highest BCUT2D eigenvalue weighted by Crippen LogP contribution is 2.56. The quantitative estimate of drug-likeness (QED) is 0.183. The molecule has 6 rings (SSSR count). The van der Waals surface area contributed by atoms with E-state index < -0.39 is 6.29 Å². The van der Waals surface area contributed by atoms with Crippen molar-refractivity contribution >= 4 is 0 Å². The SMILES string of the molecule is CCCOC(O)[C@@H]1C[C@@]2(c3ccccc3)[C@H](N(Cc3ccccc3)Cc3ccccc3)CC[C@@H]1N2Cc1ccccc1. The number of ether oxygens (including phenoxy) is 1. The second-order valence-electron chi connectivity index (χ2n) is 12.1. The maximum Gasteiger partial charge on any atom is 0.158 e. The van der Waals surface area contributed by atoms with Crippen LogP contribution in [0.5, 0.6) is 0 Å². The molecule has 4 nitrogen and oxygen atoms in total. The van der Waals surface area contributed by atoms with Gasteiger partial charge in [0.15, 0.2) is 6.29 Å². The minimum Gasteiger partial charge on any atom is -0.368 e. The lowest BCUT2D eigenvalue weighted by atomic mass is 9.75. The van der Waals surface area contributed by atoms with Gasteiger partial charge < -0.3 is 9.84 Å². The highest BCUT2D eigenvalue weighted by molar-refractivity contribution is 5.34. The summed E-state index contributed by atoms with van der Waals surface area (Å²) in [5, 5.41) is 11.5. The molecule has 2 heterocycles. The van der Waals surface area contributed by atoms with Gasteiger partial charge in [0.25, 0.3) is 0 Å². The zero-order valence-corrected chi connectivity index (χ0v) is 24.8. The Balaban J connectivity index is 1.47. The van der Waals surface area contributed by atoms with Gasteiger partial charge in [-0.05, 0) is 47.9 Å². The maximum atomic E-state index is 11.5. The molecule has 4 aromatic carbocycles. The predicted octanol–water partition coefficient (Wildman–Crippen LogP) is 7.38. The number of hydrogen-bond acceptors (Lipinski definition) is 4. The third-order valence-corrected chi connectivity index (χ3v) is 9.47. The van der Waals surface area contributed by atoms with E-state index in [4.69, 9.17) is 4.74 Å². The summed E-state index contributed by atoms with van der Waals surface area (Å²) in [4.78, 5) is 5.46. The van der Waals surface area contributed by atoms with Gasteiger partial charge in [0.05, 0.1) is 5.54 Å². The Morgan fingerprint density at radius 2 is 1.29 bits per heavy atom. The van der Waals surface area contributed by atoms with Crippen LogP contribution < -0.4 is 0 Å². The minimum absolute atomic E-state index is 0.0424. The first-order valence-electron chi connectivity index (χ1n) is 15.7. The van der Waals surface area contributed by atoms with E-state index in [1.807, 2.05) is 0 Å². The van der Waals surface area contributed by atoms with Gasteiger partial charge in [-0.1, -0.05) is 128 Å². The zero-order valence-electron chi connectivity index (χ0n) is 24.8. The monoisotopic (exact) mass is 560 g/mol. The smallest absolute Gasteiger partial charge is 0.158 e. The highest BCUT2D eigenvalue weighted by Gasteiger charge is 2.61. The lowest BCUT2D eigenvalue weighted by molar-refractivity contribution is -0.140. The normalized spacial score (nSPS) is 24.6.